The summed E-state index contributed by atoms with van der Waals surface area (Å²) in [6.07, 6.45) is 4.40. The summed E-state index contributed by atoms with van der Waals surface area (Å²) < 4.78 is 3.66. The average Bonchev–Trinajstić information content (AvgIpc) is 3.25. The molecule has 1 aromatic carbocycles. The molecule has 1 fully saturated rings. The van der Waals surface area contributed by atoms with E-state index in [-0.39, 0.29) is 11.7 Å². The van der Waals surface area contributed by atoms with Crippen LogP contribution in [0.4, 0.5) is 0 Å². The van der Waals surface area contributed by atoms with Crippen LogP contribution >= 0.6 is 0 Å². The number of aromatic nitrogens is 3. The van der Waals surface area contributed by atoms with Gasteiger partial charge in [0.2, 0.25) is 0 Å². The summed E-state index contributed by atoms with van der Waals surface area (Å²) >= 11 is 0. The highest BCUT2D eigenvalue weighted by atomic mass is 16.1. The maximum absolute atomic E-state index is 13.4. The van der Waals surface area contributed by atoms with Gasteiger partial charge in [-0.25, -0.2) is 4.79 Å². The van der Waals surface area contributed by atoms with Crippen LogP contribution in [0.5, 0.6) is 0 Å². The standard InChI is InChI=1S/C22H22N4O/c1-4-5-17(3)24-13-11-19(15-24)26-20-10-12-23-14-21(20)25(22(26)27)18-8-6-16(2)7-9-18/h6-10,12,14,19H,3,11,13,15H2,1-2H3/t19-/m1/s1. The molecule has 3 heterocycles. The van der Waals surface area contributed by atoms with Crippen LogP contribution in [0.25, 0.3) is 16.7 Å². The van der Waals surface area contributed by atoms with E-state index < -0.39 is 0 Å². The molecule has 0 N–H and O–H groups in total. The molecule has 1 saturated heterocycles. The van der Waals surface area contributed by atoms with Gasteiger partial charge in [0.25, 0.3) is 0 Å². The molecule has 0 saturated carbocycles. The summed E-state index contributed by atoms with van der Waals surface area (Å²) in [5, 5.41) is 0. The summed E-state index contributed by atoms with van der Waals surface area (Å²) in [4.78, 5) is 19.8. The summed E-state index contributed by atoms with van der Waals surface area (Å²) in [5.74, 6) is 5.92. The Morgan fingerprint density at radius 3 is 2.74 bits per heavy atom. The Hall–Kier alpha value is -3.26. The largest absolute Gasteiger partial charge is 0.363 e. The molecule has 3 aromatic rings. The normalized spacial score (nSPS) is 16.4. The SMILES string of the molecule is C=C(C#CC)N1CC[C@@H](n2c(=O)n(-c3ccc(C)cc3)c3cnccc32)C1. The Labute approximate surface area is 158 Å². The minimum Gasteiger partial charge on any atom is -0.363 e. The van der Waals surface area contributed by atoms with Gasteiger partial charge in [0.05, 0.1) is 34.7 Å². The van der Waals surface area contributed by atoms with Crippen molar-refractivity contribution >= 4 is 11.0 Å². The van der Waals surface area contributed by atoms with Gasteiger partial charge in [0, 0.05) is 19.3 Å². The third kappa shape index (κ3) is 2.93. The number of pyridine rings is 1. The van der Waals surface area contributed by atoms with Crippen molar-refractivity contribution in [3.05, 3.63) is 71.0 Å². The second kappa shape index (κ2) is 6.81. The first-order valence-corrected chi connectivity index (χ1v) is 9.10. The fourth-order valence-electron chi connectivity index (χ4n) is 3.79. The first-order chi connectivity index (χ1) is 13.1. The van der Waals surface area contributed by atoms with E-state index in [0.29, 0.717) is 0 Å². The lowest BCUT2D eigenvalue weighted by atomic mass is 10.2. The van der Waals surface area contributed by atoms with Crippen molar-refractivity contribution in [2.45, 2.75) is 26.3 Å². The number of rotatable bonds is 3. The molecule has 1 atom stereocenters. The van der Waals surface area contributed by atoms with Gasteiger partial charge in [-0.3, -0.25) is 14.1 Å². The lowest BCUT2D eigenvalue weighted by molar-refractivity contribution is 0.415. The van der Waals surface area contributed by atoms with Gasteiger partial charge >= 0.3 is 5.69 Å². The first kappa shape index (κ1) is 17.2. The second-order valence-corrected chi connectivity index (χ2v) is 6.90. The predicted octanol–water partition coefficient (Wildman–Crippen LogP) is 3.28. The lowest BCUT2D eigenvalue weighted by Gasteiger charge is -2.17. The Kier molecular flexibility index (Phi) is 4.33. The lowest BCUT2D eigenvalue weighted by Crippen LogP contribution is -2.28. The molecule has 0 unspecified atom stereocenters. The Morgan fingerprint density at radius 2 is 2.00 bits per heavy atom. The highest BCUT2D eigenvalue weighted by molar-refractivity contribution is 5.77. The van der Waals surface area contributed by atoms with Crippen molar-refractivity contribution < 1.29 is 0 Å². The zero-order valence-electron chi connectivity index (χ0n) is 15.6. The van der Waals surface area contributed by atoms with E-state index in [1.54, 1.807) is 17.0 Å². The Morgan fingerprint density at radius 1 is 1.22 bits per heavy atom. The molecule has 0 amide bonds. The van der Waals surface area contributed by atoms with E-state index in [0.717, 1.165) is 47.5 Å². The Balaban J connectivity index is 1.82. The number of nitrogens with zero attached hydrogens (tertiary/aromatic N) is 4. The van der Waals surface area contributed by atoms with Crippen molar-refractivity contribution in [1.82, 2.24) is 19.0 Å². The third-order valence-corrected chi connectivity index (χ3v) is 5.15. The maximum Gasteiger partial charge on any atom is 0.334 e. The summed E-state index contributed by atoms with van der Waals surface area (Å²) in [7, 11) is 0. The van der Waals surface area contributed by atoms with Crippen LogP contribution in [-0.4, -0.2) is 32.1 Å². The topological polar surface area (TPSA) is 43.1 Å². The molecular weight excluding hydrogens is 336 g/mol. The van der Waals surface area contributed by atoms with Gasteiger partial charge in [-0.05, 0) is 38.5 Å². The fourth-order valence-corrected chi connectivity index (χ4v) is 3.79. The molecule has 0 bridgehead atoms. The molecule has 4 rings (SSSR count). The van der Waals surface area contributed by atoms with Gasteiger partial charge in [-0.2, -0.15) is 0 Å². The van der Waals surface area contributed by atoms with Crippen LogP contribution in [0.1, 0.15) is 24.9 Å². The molecule has 0 radical (unpaired) electrons. The second-order valence-electron chi connectivity index (χ2n) is 6.90. The minimum atomic E-state index is -0.0270. The van der Waals surface area contributed by atoms with Gasteiger partial charge in [-0.15, -0.1) is 0 Å². The number of imidazole rings is 1. The van der Waals surface area contributed by atoms with Gasteiger partial charge < -0.3 is 4.90 Å². The van der Waals surface area contributed by atoms with Crippen LogP contribution < -0.4 is 5.69 Å². The van der Waals surface area contributed by atoms with E-state index in [9.17, 15) is 4.79 Å². The van der Waals surface area contributed by atoms with Crippen molar-refractivity contribution in [2.75, 3.05) is 13.1 Å². The van der Waals surface area contributed by atoms with Crippen LogP contribution in [0.15, 0.2) is 59.8 Å². The zero-order chi connectivity index (χ0) is 19.0. The Bertz CT molecular complexity index is 1130. The molecule has 0 spiro atoms. The third-order valence-electron chi connectivity index (χ3n) is 5.15. The molecule has 1 aliphatic heterocycles. The molecule has 5 heteroatoms. The molecule has 0 aliphatic carbocycles. The highest BCUT2D eigenvalue weighted by Gasteiger charge is 2.28. The highest BCUT2D eigenvalue weighted by Crippen LogP contribution is 2.27. The predicted molar refractivity (Wildman–Crippen MR) is 108 cm³/mol. The zero-order valence-corrected chi connectivity index (χ0v) is 15.6. The van der Waals surface area contributed by atoms with E-state index in [4.69, 9.17) is 0 Å². The number of aryl methyl sites for hydroxylation is 1. The van der Waals surface area contributed by atoms with Crippen molar-refractivity contribution in [3.8, 4) is 17.5 Å². The maximum atomic E-state index is 13.4. The number of benzene rings is 1. The van der Waals surface area contributed by atoms with Crippen molar-refractivity contribution in [2.24, 2.45) is 0 Å². The smallest absolute Gasteiger partial charge is 0.334 e. The van der Waals surface area contributed by atoms with Crippen LogP contribution in [0.3, 0.4) is 0 Å². The minimum absolute atomic E-state index is 0.0270. The number of hydrogen-bond acceptors (Lipinski definition) is 3. The quantitative estimate of drug-likeness (QED) is 0.675. The van der Waals surface area contributed by atoms with E-state index in [1.807, 2.05) is 48.7 Å². The summed E-state index contributed by atoms with van der Waals surface area (Å²) in [6, 6.07) is 10.0. The van der Waals surface area contributed by atoms with Gasteiger partial charge in [0.15, 0.2) is 0 Å². The summed E-state index contributed by atoms with van der Waals surface area (Å²) in [5.41, 5.74) is 4.55. The van der Waals surface area contributed by atoms with E-state index in [2.05, 4.69) is 28.3 Å². The van der Waals surface area contributed by atoms with E-state index in [1.165, 1.54) is 0 Å². The van der Waals surface area contributed by atoms with Crippen LogP contribution in [0, 0.1) is 18.8 Å². The average molecular weight is 358 g/mol. The van der Waals surface area contributed by atoms with Crippen LogP contribution in [-0.2, 0) is 0 Å². The van der Waals surface area contributed by atoms with Gasteiger partial charge in [0.1, 0.15) is 0 Å². The monoisotopic (exact) mass is 358 g/mol. The van der Waals surface area contributed by atoms with E-state index >= 15 is 0 Å². The molecule has 5 nitrogen and oxygen atoms in total. The van der Waals surface area contributed by atoms with Crippen molar-refractivity contribution in [3.63, 3.8) is 0 Å². The number of hydrogen-bond donors (Lipinski definition) is 0. The van der Waals surface area contributed by atoms with Crippen LogP contribution in [0.2, 0.25) is 0 Å². The first-order valence-electron chi connectivity index (χ1n) is 9.10. The number of likely N-dealkylation sites (tertiary alicyclic amines) is 1. The molecular formula is C22H22N4O. The number of allylic oxidation sites excluding steroid dienone is 1. The molecule has 27 heavy (non-hydrogen) atoms. The molecule has 2 aromatic heterocycles. The summed E-state index contributed by atoms with van der Waals surface area (Å²) in [6.45, 7) is 9.49. The number of fused-ring (bicyclic) bond motifs is 1. The molecule has 136 valence electrons. The fraction of sp³-hybridized carbons (Fsp3) is 0.273. The van der Waals surface area contributed by atoms with Crippen molar-refractivity contribution in [1.29, 1.82) is 0 Å². The molecule has 1 aliphatic rings. The van der Waals surface area contributed by atoms with Gasteiger partial charge in [-0.1, -0.05) is 36.1 Å².